The SMILES string of the molecule is N#CN1CC(F)C(NC(=O)c2ccc(-c3ccccc3)cc2)C1. The zero-order chi connectivity index (χ0) is 16.2. The van der Waals surface area contributed by atoms with Crippen LogP contribution in [0.3, 0.4) is 0 Å². The van der Waals surface area contributed by atoms with E-state index in [9.17, 15) is 9.18 Å². The van der Waals surface area contributed by atoms with Crippen LogP contribution in [0, 0.1) is 11.5 Å². The molecule has 1 amide bonds. The second kappa shape index (κ2) is 6.49. The third-order valence-corrected chi connectivity index (χ3v) is 3.96. The molecule has 3 rings (SSSR count). The van der Waals surface area contributed by atoms with Crippen LogP contribution in [-0.4, -0.2) is 36.1 Å². The number of rotatable bonds is 3. The normalized spacial score (nSPS) is 20.1. The molecule has 0 bridgehead atoms. The van der Waals surface area contributed by atoms with Crippen LogP contribution in [0.25, 0.3) is 11.1 Å². The van der Waals surface area contributed by atoms with Crippen molar-refractivity contribution in [3.05, 3.63) is 60.2 Å². The highest BCUT2D eigenvalue weighted by Crippen LogP contribution is 2.19. The van der Waals surface area contributed by atoms with Gasteiger partial charge in [0.1, 0.15) is 6.17 Å². The molecule has 4 nitrogen and oxygen atoms in total. The topological polar surface area (TPSA) is 56.1 Å². The Kier molecular flexibility index (Phi) is 4.24. The first-order chi connectivity index (χ1) is 11.2. The number of benzene rings is 2. The zero-order valence-electron chi connectivity index (χ0n) is 12.4. The molecule has 0 spiro atoms. The number of nitrogens with zero attached hydrogens (tertiary/aromatic N) is 2. The summed E-state index contributed by atoms with van der Waals surface area (Å²) in [6, 6.07) is 16.4. The smallest absolute Gasteiger partial charge is 0.251 e. The van der Waals surface area contributed by atoms with Gasteiger partial charge in [0.15, 0.2) is 6.19 Å². The van der Waals surface area contributed by atoms with Gasteiger partial charge in [-0.05, 0) is 23.3 Å². The fourth-order valence-electron chi connectivity index (χ4n) is 2.68. The number of carbonyl (C=O) groups is 1. The average molecular weight is 309 g/mol. The molecular weight excluding hydrogens is 293 g/mol. The van der Waals surface area contributed by atoms with Gasteiger partial charge >= 0.3 is 0 Å². The molecule has 116 valence electrons. The minimum atomic E-state index is -1.22. The molecule has 2 aromatic carbocycles. The van der Waals surface area contributed by atoms with Gasteiger partial charge in [0.05, 0.1) is 19.1 Å². The molecule has 0 aromatic heterocycles. The van der Waals surface area contributed by atoms with Gasteiger partial charge in [-0.15, -0.1) is 0 Å². The summed E-state index contributed by atoms with van der Waals surface area (Å²) in [6.45, 7) is 0.250. The lowest BCUT2D eigenvalue weighted by atomic mass is 10.0. The maximum Gasteiger partial charge on any atom is 0.251 e. The maximum absolute atomic E-state index is 13.8. The summed E-state index contributed by atoms with van der Waals surface area (Å²) in [7, 11) is 0. The number of likely N-dealkylation sites (tertiary alicyclic amines) is 1. The molecule has 1 aliphatic heterocycles. The Morgan fingerprint density at radius 3 is 2.35 bits per heavy atom. The van der Waals surface area contributed by atoms with E-state index in [1.807, 2.05) is 48.7 Å². The summed E-state index contributed by atoms with van der Waals surface area (Å²) in [6.07, 6.45) is 0.685. The van der Waals surface area contributed by atoms with Gasteiger partial charge in [-0.2, -0.15) is 5.26 Å². The molecule has 1 aliphatic rings. The van der Waals surface area contributed by atoms with Crippen LogP contribution < -0.4 is 5.32 Å². The first kappa shape index (κ1) is 15.0. The van der Waals surface area contributed by atoms with E-state index in [2.05, 4.69) is 5.32 Å². The molecule has 2 aromatic rings. The van der Waals surface area contributed by atoms with Crippen LogP contribution in [0.5, 0.6) is 0 Å². The van der Waals surface area contributed by atoms with Crippen molar-refractivity contribution in [3.8, 4) is 17.3 Å². The molecule has 2 atom stereocenters. The molecule has 0 aliphatic carbocycles. The Hall–Kier alpha value is -2.87. The maximum atomic E-state index is 13.8. The Balaban J connectivity index is 1.68. The van der Waals surface area contributed by atoms with Gasteiger partial charge in [0.2, 0.25) is 0 Å². The number of alkyl halides is 1. The molecule has 2 unspecified atom stereocenters. The molecule has 0 radical (unpaired) electrons. The largest absolute Gasteiger partial charge is 0.344 e. The number of hydrogen-bond acceptors (Lipinski definition) is 3. The van der Waals surface area contributed by atoms with E-state index < -0.39 is 12.2 Å². The van der Waals surface area contributed by atoms with Crippen LogP contribution in [0.4, 0.5) is 4.39 Å². The van der Waals surface area contributed by atoms with Crippen molar-refractivity contribution in [1.29, 1.82) is 5.26 Å². The van der Waals surface area contributed by atoms with Crippen LogP contribution >= 0.6 is 0 Å². The van der Waals surface area contributed by atoms with Crippen molar-refractivity contribution in [1.82, 2.24) is 10.2 Å². The van der Waals surface area contributed by atoms with Crippen molar-refractivity contribution in [2.24, 2.45) is 0 Å². The molecule has 5 heteroatoms. The zero-order valence-corrected chi connectivity index (χ0v) is 12.4. The predicted molar refractivity (Wildman–Crippen MR) is 85.2 cm³/mol. The summed E-state index contributed by atoms with van der Waals surface area (Å²) >= 11 is 0. The van der Waals surface area contributed by atoms with Gasteiger partial charge in [0.25, 0.3) is 5.91 Å². The monoisotopic (exact) mass is 309 g/mol. The van der Waals surface area contributed by atoms with E-state index in [1.54, 1.807) is 12.1 Å². The van der Waals surface area contributed by atoms with Crippen LogP contribution in [-0.2, 0) is 0 Å². The van der Waals surface area contributed by atoms with Crippen LogP contribution in [0.15, 0.2) is 54.6 Å². The third-order valence-electron chi connectivity index (χ3n) is 3.96. The van der Waals surface area contributed by atoms with Gasteiger partial charge in [-0.1, -0.05) is 42.5 Å². The van der Waals surface area contributed by atoms with Gasteiger partial charge in [-0.3, -0.25) is 4.79 Å². The van der Waals surface area contributed by atoms with Gasteiger partial charge in [-0.25, -0.2) is 4.39 Å². The van der Waals surface area contributed by atoms with E-state index in [0.29, 0.717) is 5.56 Å². The molecule has 1 heterocycles. The van der Waals surface area contributed by atoms with E-state index in [1.165, 1.54) is 4.90 Å². The van der Waals surface area contributed by atoms with E-state index in [-0.39, 0.29) is 19.0 Å². The molecule has 1 fully saturated rings. The Morgan fingerprint density at radius 1 is 1.09 bits per heavy atom. The number of amides is 1. The summed E-state index contributed by atoms with van der Waals surface area (Å²) in [4.78, 5) is 13.5. The van der Waals surface area contributed by atoms with Gasteiger partial charge < -0.3 is 10.2 Å². The van der Waals surface area contributed by atoms with E-state index >= 15 is 0 Å². The third kappa shape index (κ3) is 3.32. The highest BCUT2D eigenvalue weighted by molar-refractivity contribution is 5.95. The summed E-state index contributed by atoms with van der Waals surface area (Å²) in [5.74, 6) is -0.322. The van der Waals surface area contributed by atoms with Crippen molar-refractivity contribution in [2.45, 2.75) is 12.2 Å². The summed E-state index contributed by atoms with van der Waals surface area (Å²) in [5.41, 5.74) is 2.57. The minimum absolute atomic E-state index is 0.0361. The lowest BCUT2D eigenvalue weighted by Gasteiger charge is -2.14. The quantitative estimate of drug-likeness (QED) is 0.887. The average Bonchev–Trinajstić information content (AvgIpc) is 2.96. The highest BCUT2D eigenvalue weighted by Gasteiger charge is 2.33. The van der Waals surface area contributed by atoms with Crippen molar-refractivity contribution in [2.75, 3.05) is 13.1 Å². The van der Waals surface area contributed by atoms with Crippen LogP contribution in [0.2, 0.25) is 0 Å². The van der Waals surface area contributed by atoms with Crippen LogP contribution in [0.1, 0.15) is 10.4 Å². The minimum Gasteiger partial charge on any atom is -0.344 e. The second-order valence-electron chi connectivity index (χ2n) is 5.54. The van der Waals surface area contributed by atoms with E-state index in [0.717, 1.165) is 11.1 Å². The molecular formula is C18H16FN3O. The number of nitriles is 1. The van der Waals surface area contributed by atoms with Crippen molar-refractivity contribution in [3.63, 3.8) is 0 Å². The Morgan fingerprint density at radius 2 is 1.74 bits per heavy atom. The number of nitrogens with one attached hydrogen (secondary N) is 1. The first-order valence-corrected chi connectivity index (χ1v) is 7.42. The number of hydrogen-bond donors (Lipinski definition) is 1. The van der Waals surface area contributed by atoms with Crippen molar-refractivity contribution >= 4 is 5.91 Å². The highest BCUT2D eigenvalue weighted by atomic mass is 19.1. The fourth-order valence-corrected chi connectivity index (χ4v) is 2.68. The molecule has 23 heavy (non-hydrogen) atoms. The van der Waals surface area contributed by atoms with E-state index in [4.69, 9.17) is 5.26 Å². The lowest BCUT2D eigenvalue weighted by molar-refractivity contribution is 0.0923. The first-order valence-electron chi connectivity index (χ1n) is 7.42. The fraction of sp³-hybridized carbons (Fsp3) is 0.222. The van der Waals surface area contributed by atoms with Gasteiger partial charge in [0, 0.05) is 5.56 Å². The number of carbonyl (C=O) groups excluding carboxylic acids is 1. The predicted octanol–water partition coefficient (Wildman–Crippen LogP) is 2.59. The Labute approximate surface area is 134 Å². The summed E-state index contributed by atoms with van der Waals surface area (Å²) in [5, 5.41) is 11.4. The molecule has 1 N–H and O–H groups in total. The van der Waals surface area contributed by atoms with Crippen molar-refractivity contribution < 1.29 is 9.18 Å². The summed E-state index contributed by atoms with van der Waals surface area (Å²) < 4.78 is 13.8. The molecule has 1 saturated heterocycles. The Bertz CT molecular complexity index is 724. The standard InChI is InChI=1S/C18H16FN3O/c19-16-10-22(12-20)11-17(16)21-18(23)15-8-6-14(7-9-15)13-4-2-1-3-5-13/h1-9,16-17H,10-11H2,(H,21,23). The number of halogens is 1. The molecule has 0 saturated carbocycles. The second-order valence-corrected chi connectivity index (χ2v) is 5.54. The lowest BCUT2D eigenvalue weighted by Crippen LogP contribution is -2.41.